The van der Waals surface area contributed by atoms with E-state index in [1.165, 1.54) is 11.3 Å². The van der Waals surface area contributed by atoms with Crippen LogP contribution in [0.5, 0.6) is 5.75 Å². The van der Waals surface area contributed by atoms with Gasteiger partial charge in [-0.3, -0.25) is 14.2 Å². The summed E-state index contributed by atoms with van der Waals surface area (Å²) in [6.07, 6.45) is 0.0643. The molecule has 9 heteroatoms. The molecule has 0 aliphatic heterocycles. The number of Topliss-reactive ketones (excluding diaryl/α,β-unsaturated/α-hetero) is 1. The second kappa shape index (κ2) is 10.3. The van der Waals surface area contributed by atoms with Crippen molar-refractivity contribution >= 4 is 23.1 Å². The van der Waals surface area contributed by atoms with Crippen LogP contribution in [0.3, 0.4) is 0 Å². The Hall–Kier alpha value is -3.72. The summed E-state index contributed by atoms with van der Waals surface area (Å²) >= 11 is 1.52. The Kier molecular flexibility index (Phi) is 7.16. The van der Waals surface area contributed by atoms with E-state index < -0.39 is 5.97 Å². The van der Waals surface area contributed by atoms with Gasteiger partial charge >= 0.3 is 5.97 Å². The average Bonchev–Trinajstić information content (AvgIpc) is 3.48. The molecule has 0 spiro atoms. The fourth-order valence-electron chi connectivity index (χ4n) is 3.79. The first-order valence-corrected chi connectivity index (χ1v) is 12.0. The van der Waals surface area contributed by atoms with E-state index in [2.05, 4.69) is 10.1 Å². The van der Waals surface area contributed by atoms with Crippen molar-refractivity contribution < 1.29 is 23.6 Å². The maximum atomic E-state index is 12.8. The van der Waals surface area contributed by atoms with Crippen LogP contribution in [0.4, 0.5) is 0 Å². The number of ether oxygens (including phenoxy) is 2. The van der Waals surface area contributed by atoms with E-state index >= 15 is 0 Å². The number of aromatic nitrogens is 3. The normalized spacial score (nSPS) is 11.0. The van der Waals surface area contributed by atoms with Crippen LogP contribution in [0, 0.1) is 34.6 Å². The SMILES string of the molecule is Cc1csc(-n2c(C)cc(C(=O)COC(=O)Cc3ccc(OCc4c(C)noc4C)cc3)c2C)n1. The van der Waals surface area contributed by atoms with Gasteiger partial charge in [0.15, 0.2) is 11.7 Å². The van der Waals surface area contributed by atoms with E-state index in [1.54, 1.807) is 24.3 Å². The summed E-state index contributed by atoms with van der Waals surface area (Å²) in [6, 6.07) is 9.00. The van der Waals surface area contributed by atoms with Crippen molar-refractivity contribution in [3.63, 3.8) is 0 Å². The Bertz CT molecular complexity index is 1340. The maximum Gasteiger partial charge on any atom is 0.310 e. The average molecular weight is 494 g/mol. The lowest BCUT2D eigenvalue weighted by molar-refractivity contribution is -0.141. The molecule has 4 aromatic rings. The number of aryl methyl sites for hydroxylation is 4. The molecule has 0 saturated carbocycles. The largest absolute Gasteiger partial charge is 0.489 e. The predicted molar refractivity (Wildman–Crippen MR) is 131 cm³/mol. The molecule has 0 amide bonds. The molecular weight excluding hydrogens is 466 g/mol. The number of rotatable bonds is 9. The van der Waals surface area contributed by atoms with E-state index in [9.17, 15) is 9.59 Å². The van der Waals surface area contributed by atoms with Gasteiger partial charge in [-0.25, -0.2) is 4.98 Å². The summed E-state index contributed by atoms with van der Waals surface area (Å²) in [6.45, 7) is 9.49. The van der Waals surface area contributed by atoms with Crippen molar-refractivity contribution in [2.75, 3.05) is 6.61 Å². The number of carbonyl (C=O) groups is 2. The number of esters is 1. The van der Waals surface area contributed by atoms with Gasteiger partial charge < -0.3 is 14.0 Å². The van der Waals surface area contributed by atoms with Gasteiger partial charge in [-0.05, 0) is 58.4 Å². The number of carbonyl (C=O) groups excluding carboxylic acids is 2. The monoisotopic (exact) mass is 493 g/mol. The molecule has 0 atom stereocenters. The third-order valence-corrected chi connectivity index (χ3v) is 6.67. The Balaban J connectivity index is 1.30. The lowest BCUT2D eigenvalue weighted by Crippen LogP contribution is -2.16. The first kappa shape index (κ1) is 24.4. The highest BCUT2D eigenvalue weighted by atomic mass is 32.1. The van der Waals surface area contributed by atoms with Gasteiger partial charge in [-0.15, -0.1) is 11.3 Å². The molecule has 0 aliphatic rings. The molecule has 35 heavy (non-hydrogen) atoms. The van der Waals surface area contributed by atoms with Gasteiger partial charge in [0, 0.05) is 22.3 Å². The Morgan fingerprint density at radius 3 is 2.46 bits per heavy atom. The van der Waals surface area contributed by atoms with Crippen LogP contribution in [0.1, 0.15) is 50.0 Å². The summed E-state index contributed by atoms with van der Waals surface area (Å²) < 4.78 is 18.1. The predicted octanol–water partition coefficient (Wildman–Crippen LogP) is 5.01. The quantitative estimate of drug-likeness (QED) is 0.239. The van der Waals surface area contributed by atoms with Crippen molar-refractivity contribution in [3.05, 3.63) is 80.9 Å². The second-order valence-corrected chi connectivity index (χ2v) is 9.22. The second-order valence-electron chi connectivity index (χ2n) is 8.39. The first-order chi connectivity index (χ1) is 16.7. The first-order valence-electron chi connectivity index (χ1n) is 11.2. The van der Waals surface area contributed by atoms with Crippen LogP contribution in [-0.4, -0.2) is 33.1 Å². The molecule has 4 rings (SSSR count). The minimum atomic E-state index is -0.466. The van der Waals surface area contributed by atoms with Crippen LogP contribution in [0.15, 0.2) is 40.2 Å². The zero-order chi connectivity index (χ0) is 25.1. The topological polar surface area (TPSA) is 96.5 Å². The molecule has 0 radical (unpaired) electrons. The van der Waals surface area contributed by atoms with Crippen LogP contribution in [0.25, 0.3) is 5.13 Å². The van der Waals surface area contributed by atoms with Crippen molar-refractivity contribution in [3.8, 4) is 10.9 Å². The van der Waals surface area contributed by atoms with Gasteiger partial charge in [0.05, 0.1) is 23.4 Å². The number of hydrogen-bond acceptors (Lipinski definition) is 8. The maximum absolute atomic E-state index is 12.8. The van der Waals surface area contributed by atoms with E-state index in [0.29, 0.717) is 17.9 Å². The molecule has 0 aliphatic carbocycles. The standard InChI is InChI=1S/C26H27N3O5S/c1-15-14-35-26(27-15)29-16(2)10-22(18(29)4)24(30)13-33-25(31)11-20-6-8-21(9-7-20)32-12-23-17(3)28-34-19(23)5/h6-10,14H,11-13H2,1-5H3. The van der Waals surface area contributed by atoms with Crippen molar-refractivity contribution in [2.45, 2.75) is 47.6 Å². The number of benzene rings is 1. The van der Waals surface area contributed by atoms with Gasteiger partial charge in [-0.2, -0.15) is 0 Å². The molecule has 182 valence electrons. The molecule has 0 saturated heterocycles. The molecule has 3 heterocycles. The minimum absolute atomic E-state index is 0.0643. The summed E-state index contributed by atoms with van der Waals surface area (Å²) in [5.41, 5.74) is 5.64. The Labute approximate surface area is 207 Å². The van der Waals surface area contributed by atoms with Crippen molar-refractivity contribution in [1.29, 1.82) is 0 Å². The van der Waals surface area contributed by atoms with E-state index in [0.717, 1.165) is 44.8 Å². The highest BCUT2D eigenvalue weighted by molar-refractivity contribution is 7.12. The highest BCUT2D eigenvalue weighted by Gasteiger charge is 2.19. The Morgan fingerprint density at radius 1 is 1.09 bits per heavy atom. The molecule has 0 unspecified atom stereocenters. The van der Waals surface area contributed by atoms with Gasteiger partial charge in [-0.1, -0.05) is 17.3 Å². The zero-order valence-corrected chi connectivity index (χ0v) is 21.2. The summed E-state index contributed by atoms with van der Waals surface area (Å²) in [7, 11) is 0. The third kappa shape index (κ3) is 5.51. The van der Waals surface area contributed by atoms with Crippen LogP contribution in [0.2, 0.25) is 0 Å². The van der Waals surface area contributed by atoms with Gasteiger partial charge in [0.2, 0.25) is 5.78 Å². The van der Waals surface area contributed by atoms with Crippen LogP contribution < -0.4 is 4.74 Å². The molecule has 8 nitrogen and oxygen atoms in total. The van der Waals surface area contributed by atoms with E-state index in [4.69, 9.17) is 14.0 Å². The molecule has 0 N–H and O–H groups in total. The molecular formula is C26H27N3O5S. The molecule has 3 aromatic heterocycles. The molecule has 1 aromatic carbocycles. The van der Waals surface area contributed by atoms with Crippen molar-refractivity contribution in [2.24, 2.45) is 0 Å². The number of nitrogens with zero attached hydrogens (tertiary/aromatic N) is 3. The number of thiazole rings is 1. The fraction of sp³-hybridized carbons (Fsp3) is 0.308. The van der Waals surface area contributed by atoms with Crippen LogP contribution in [-0.2, 0) is 22.6 Å². The lowest BCUT2D eigenvalue weighted by Gasteiger charge is -2.08. The van der Waals surface area contributed by atoms with E-state index in [1.807, 2.05) is 50.6 Å². The third-order valence-electron chi connectivity index (χ3n) is 5.73. The van der Waals surface area contributed by atoms with Gasteiger partial charge in [0.25, 0.3) is 0 Å². The molecule has 0 bridgehead atoms. The molecule has 0 fully saturated rings. The number of ketones is 1. The van der Waals surface area contributed by atoms with Crippen LogP contribution >= 0.6 is 11.3 Å². The smallest absolute Gasteiger partial charge is 0.310 e. The van der Waals surface area contributed by atoms with Gasteiger partial charge in [0.1, 0.15) is 18.1 Å². The summed E-state index contributed by atoms with van der Waals surface area (Å²) in [5.74, 6) is 0.695. The minimum Gasteiger partial charge on any atom is -0.489 e. The highest BCUT2D eigenvalue weighted by Crippen LogP contribution is 2.24. The fourth-order valence-corrected chi connectivity index (χ4v) is 4.70. The summed E-state index contributed by atoms with van der Waals surface area (Å²) in [4.78, 5) is 29.6. The lowest BCUT2D eigenvalue weighted by atomic mass is 10.1. The Morgan fingerprint density at radius 2 is 1.83 bits per heavy atom. The summed E-state index contributed by atoms with van der Waals surface area (Å²) in [5, 5.41) is 6.70. The van der Waals surface area contributed by atoms with Crippen molar-refractivity contribution in [1.82, 2.24) is 14.7 Å². The number of hydrogen-bond donors (Lipinski definition) is 0. The zero-order valence-electron chi connectivity index (χ0n) is 20.4. The van der Waals surface area contributed by atoms with E-state index in [-0.39, 0.29) is 18.8 Å².